The first-order valence-electron chi connectivity index (χ1n) is 12.5. The molecule has 1 aromatic heterocycles. The monoisotopic (exact) mass is 590 g/mol. The molecular weight excluding hydrogens is 568 g/mol. The number of hydrogen-bond acceptors (Lipinski definition) is 4. The van der Waals surface area contributed by atoms with Gasteiger partial charge < -0.3 is 5.32 Å². The van der Waals surface area contributed by atoms with Gasteiger partial charge in [0.05, 0.1) is 0 Å². The highest BCUT2D eigenvalue weighted by Crippen LogP contribution is 2.40. The molecule has 1 saturated carbocycles. The van der Waals surface area contributed by atoms with Crippen molar-refractivity contribution in [3.63, 3.8) is 0 Å². The molecule has 2 aromatic carbocycles. The summed E-state index contributed by atoms with van der Waals surface area (Å²) in [5.41, 5.74) is 0.212. The molecule has 2 fully saturated rings. The zero-order chi connectivity index (χ0) is 28.6. The summed E-state index contributed by atoms with van der Waals surface area (Å²) in [5.74, 6) is -5.31. The van der Waals surface area contributed by atoms with Crippen molar-refractivity contribution in [3.05, 3.63) is 88.3 Å². The number of carbonyl (C=O) groups excluding carboxylic acids is 3. The maximum atomic E-state index is 14.5. The Hall–Kier alpha value is -3.63. The van der Waals surface area contributed by atoms with Gasteiger partial charge in [-0.05, 0) is 42.8 Å². The summed E-state index contributed by atoms with van der Waals surface area (Å²) in [5, 5.41) is 2.83. The highest BCUT2D eigenvalue weighted by atomic mass is 35.5. The van der Waals surface area contributed by atoms with Crippen LogP contribution in [0.15, 0.2) is 66.7 Å². The van der Waals surface area contributed by atoms with Gasteiger partial charge in [0.25, 0.3) is 11.8 Å². The van der Waals surface area contributed by atoms with Crippen LogP contribution in [0.1, 0.15) is 37.3 Å². The third kappa shape index (κ3) is 5.64. The smallest absolute Gasteiger partial charge is 0.252 e. The van der Waals surface area contributed by atoms with Gasteiger partial charge >= 0.3 is 0 Å². The van der Waals surface area contributed by atoms with Crippen molar-refractivity contribution in [2.45, 2.75) is 49.7 Å². The molecule has 0 spiro atoms. The Balaban J connectivity index is 1.60. The summed E-state index contributed by atoms with van der Waals surface area (Å²) >= 11 is 12.5. The fourth-order valence-electron chi connectivity index (χ4n) is 5.06. The minimum atomic E-state index is -2.90. The van der Waals surface area contributed by atoms with Crippen LogP contribution in [-0.2, 0) is 14.4 Å². The van der Waals surface area contributed by atoms with Crippen LogP contribution in [0.4, 0.5) is 24.7 Å². The van der Waals surface area contributed by atoms with Crippen molar-refractivity contribution in [1.82, 2.24) is 10.3 Å². The zero-order valence-corrected chi connectivity index (χ0v) is 22.4. The second kappa shape index (κ2) is 11.1. The molecule has 3 aromatic rings. The summed E-state index contributed by atoms with van der Waals surface area (Å²) in [4.78, 5) is 47.5. The number of benzene rings is 2. The Labute approximate surface area is 237 Å². The van der Waals surface area contributed by atoms with Crippen LogP contribution in [-0.4, -0.2) is 40.7 Å². The normalized spacial score (nSPS) is 19.2. The molecule has 2 atom stereocenters. The molecule has 208 valence electrons. The van der Waals surface area contributed by atoms with Gasteiger partial charge in [0, 0.05) is 41.6 Å². The number of rotatable bonds is 7. The van der Waals surface area contributed by atoms with Crippen LogP contribution in [0.5, 0.6) is 0 Å². The number of pyridine rings is 1. The predicted molar refractivity (Wildman–Crippen MR) is 144 cm³/mol. The van der Waals surface area contributed by atoms with E-state index < -0.39 is 54.5 Å². The fourth-order valence-corrected chi connectivity index (χ4v) is 5.46. The van der Waals surface area contributed by atoms with Gasteiger partial charge in [-0.25, -0.2) is 18.2 Å². The van der Waals surface area contributed by atoms with Crippen molar-refractivity contribution in [2.75, 3.05) is 9.80 Å². The molecule has 2 heterocycles. The van der Waals surface area contributed by atoms with Gasteiger partial charge in [0.15, 0.2) is 0 Å². The molecule has 0 radical (unpaired) electrons. The minimum absolute atomic E-state index is 0.0156. The molecule has 0 bridgehead atoms. The topological polar surface area (TPSA) is 82.6 Å². The number of carbonyl (C=O) groups is 3. The van der Waals surface area contributed by atoms with Crippen LogP contribution in [0.2, 0.25) is 10.2 Å². The number of nitrogens with zero attached hydrogens (tertiary/aromatic N) is 3. The van der Waals surface area contributed by atoms with E-state index in [1.165, 1.54) is 47.4 Å². The summed E-state index contributed by atoms with van der Waals surface area (Å²) in [7, 11) is 0. The zero-order valence-electron chi connectivity index (χ0n) is 20.9. The number of amides is 3. The van der Waals surface area contributed by atoms with E-state index in [9.17, 15) is 27.6 Å². The number of alkyl halides is 2. The molecule has 3 amide bonds. The third-order valence-electron chi connectivity index (χ3n) is 6.91. The van der Waals surface area contributed by atoms with Crippen LogP contribution in [0, 0.1) is 5.82 Å². The van der Waals surface area contributed by atoms with Gasteiger partial charge in [0.1, 0.15) is 28.9 Å². The Morgan fingerprint density at radius 2 is 1.77 bits per heavy atom. The minimum Gasteiger partial charge on any atom is -0.351 e. The van der Waals surface area contributed by atoms with Gasteiger partial charge in [-0.15, -0.1) is 0 Å². The van der Waals surface area contributed by atoms with Crippen LogP contribution >= 0.6 is 23.2 Å². The summed E-state index contributed by atoms with van der Waals surface area (Å²) < 4.78 is 41.6. The second-order valence-corrected chi connectivity index (χ2v) is 10.5. The molecule has 2 aliphatic rings. The highest BCUT2D eigenvalue weighted by molar-refractivity contribution is 6.32. The van der Waals surface area contributed by atoms with E-state index in [1.54, 1.807) is 18.2 Å². The lowest BCUT2D eigenvalue weighted by Gasteiger charge is -2.39. The third-order valence-corrected chi connectivity index (χ3v) is 7.47. The van der Waals surface area contributed by atoms with Crippen LogP contribution < -0.4 is 15.1 Å². The standard InChI is InChI=1S/C28H23Cl2F3N4O3/c29-20-8-2-1-7-19(20)25(26(39)34-17-14-28(32,33)15-17)36(18-6-3-5-16(31)13-18)27(40)21-11-12-24(38)37(21)23-10-4-9-22(30)35-23/h1-10,13,17,21,25H,11-12,14-15H2,(H,34,39)/t21-,25+/m0/s1. The quantitative estimate of drug-likeness (QED) is 0.357. The van der Waals surface area contributed by atoms with E-state index in [4.69, 9.17) is 23.2 Å². The van der Waals surface area contributed by atoms with Gasteiger partial charge in [-0.3, -0.25) is 24.2 Å². The summed E-state index contributed by atoms with van der Waals surface area (Å²) in [6, 6.07) is 12.5. The number of halogens is 5. The average molecular weight is 591 g/mol. The number of hydrogen-bond donors (Lipinski definition) is 1. The van der Waals surface area contributed by atoms with Crippen molar-refractivity contribution in [3.8, 4) is 0 Å². The molecule has 7 nitrogen and oxygen atoms in total. The second-order valence-electron chi connectivity index (χ2n) is 9.72. The molecule has 1 saturated heterocycles. The van der Waals surface area contributed by atoms with Crippen LogP contribution in [0.3, 0.4) is 0 Å². The molecule has 1 N–H and O–H groups in total. The average Bonchev–Trinajstić information content (AvgIpc) is 3.27. The Morgan fingerprint density at radius 1 is 1.05 bits per heavy atom. The molecule has 0 unspecified atom stereocenters. The number of anilines is 2. The van der Waals surface area contributed by atoms with Gasteiger partial charge in [0.2, 0.25) is 11.8 Å². The van der Waals surface area contributed by atoms with E-state index in [0.29, 0.717) is 0 Å². The largest absolute Gasteiger partial charge is 0.351 e. The van der Waals surface area contributed by atoms with Gasteiger partial charge in [-0.2, -0.15) is 0 Å². The first kappa shape index (κ1) is 27.9. The molecular formula is C28H23Cl2F3N4O3. The number of aromatic nitrogens is 1. The van der Waals surface area contributed by atoms with Crippen molar-refractivity contribution in [2.24, 2.45) is 0 Å². The fraction of sp³-hybridized carbons (Fsp3) is 0.286. The summed E-state index contributed by atoms with van der Waals surface area (Å²) in [6.07, 6.45) is -0.994. The highest BCUT2D eigenvalue weighted by Gasteiger charge is 2.48. The maximum absolute atomic E-state index is 14.5. The lowest BCUT2D eigenvalue weighted by Crippen LogP contribution is -2.56. The molecule has 5 rings (SSSR count). The predicted octanol–water partition coefficient (Wildman–Crippen LogP) is 5.71. The van der Waals surface area contributed by atoms with E-state index in [2.05, 4.69) is 10.3 Å². The van der Waals surface area contributed by atoms with E-state index in [0.717, 1.165) is 11.0 Å². The molecule has 12 heteroatoms. The van der Waals surface area contributed by atoms with E-state index >= 15 is 0 Å². The lowest BCUT2D eigenvalue weighted by molar-refractivity contribution is -0.133. The molecule has 1 aliphatic heterocycles. The lowest BCUT2D eigenvalue weighted by atomic mass is 9.87. The van der Waals surface area contributed by atoms with Crippen LogP contribution in [0.25, 0.3) is 0 Å². The Kier molecular flexibility index (Phi) is 7.74. The molecule has 40 heavy (non-hydrogen) atoms. The summed E-state index contributed by atoms with van der Waals surface area (Å²) in [6.45, 7) is 0. The van der Waals surface area contributed by atoms with Crippen molar-refractivity contribution >= 4 is 52.4 Å². The van der Waals surface area contributed by atoms with Crippen molar-refractivity contribution < 1.29 is 27.6 Å². The Morgan fingerprint density at radius 3 is 2.45 bits per heavy atom. The van der Waals surface area contributed by atoms with Crippen molar-refractivity contribution in [1.29, 1.82) is 0 Å². The first-order chi connectivity index (χ1) is 19.0. The SMILES string of the molecule is O=C(NC1CC(F)(F)C1)[C@@H](c1ccccc1Cl)N(C(=O)[C@@H]1CCC(=O)N1c1cccc(Cl)n1)c1cccc(F)c1. The Bertz CT molecular complexity index is 1470. The number of nitrogens with one attached hydrogen (secondary N) is 1. The first-order valence-corrected chi connectivity index (χ1v) is 13.3. The van der Waals surface area contributed by atoms with Gasteiger partial charge in [-0.1, -0.05) is 53.5 Å². The van der Waals surface area contributed by atoms with E-state index in [-0.39, 0.29) is 46.0 Å². The maximum Gasteiger partial charge on any atom is 0.252 e. The molecule has 1 aliphatic carbocycles. The van der Waals surface area contributed by atoms with E-state index in [1.807, 2.05) is 0 Å².